The van der Waals surface area contributed by atoms with Crippen molar-refractivity contribution in [2.24, 2.45) is 0 Å². The van der Waals surface area contributed by atoms with Crippen LogP contribution in [0.2, 0.25) is 0 Å². The van der Waals surface area contributed by atoms with Gasteiger partial charge in [0.25, 0.3) is 0 Å². The summed E-state index contributed by atoms with van der Waals surface area (Å²) in [6.45, 7) is 2.04. The average molecular weight is 383 g/mol. The van der Waals surface area contributed by atoms with Crippen molar-refractivity contribution < 1.29 is 13.5 Å². The quantitative estimate of drug-likeness (QED) is 0.624. The number of nitrogens with two attached hydrogens (primary N) is 1. The van der Waals surface area contributed by atoms with E-state index in [2.05, 4.69) is 9.71 Å². The number of anilines is 2. The number of nitrogens with zero attached hydrogens (tertiary/aromatic N) is 1. The molecule has 7 heteroatoms. The van der Waals surface area contributed by atoms with Crippen molar-refractivity contribution in [3.63, 3.8) is 0 Å². The average Bonchev–Trinajstić information content (AvgIpc) is 2.62. The van der Waals surface area contributed by atoms with Gasteiger partial charge in [0, 0.05) is 23.0 Å². The molecule has 0 bridgehead atoms. The summed E-state index contributed by atoms with van der Waals surface area (Å²) in [5.41, 5.74) is 11.3. The van der Waals surface area contributed by atoms with Gasteiger partial charge in [0.2, 0.25) is 10.0 Å². The molecule has 3 aromatic rings. The van der Waals surface area contributed by atoms with Crippen molar-refractivity contribution in [1.82, 2.24) is 4.98 Å². The standard InChI is InChI=1S/C20H21N3O3S/c1-3-17-18(13-6-10-16(24)11-7-13)12-22-20(21)19(17)14-4-8-15(9-5-14)23-27(2,25)26/h4-12,23-24H,3H2,1-2H3,(H2,21,22). The van der Waals surface area contributed by atoms with E-state index in [1.807, 2.05) is 31.2 Å². The van der Waals surface area contributed by atoms with E-state index in [9.17, 15) is 13.5 Å². The van der Waals surface area contributed by atoms with Crippen molar-refractivity contribution in [3.05, 3.63) is 60.3 Å². The summed E-state index contributed by atoms with van der Waals surface area (Å²) < 4.78 is 25.2. The number of aromatic hydroxyl groups is 1. The summed E-state index contributed by atoms with van der Waals surface area (Å²) in [5, 5.41) is 9.53. The van der Waals surface area contributed by atoms with E-state index in [0.29, 0.717) is 11.5 Å². The van der Waals surface area contributed by atoms with Crippen LogP contribution in [0.4, 0.5) is 11.5 Å². The Balaban J connectivity index is 2.09. The molecule has 0 atom stereocenters. The van der Waals surface area contributed by atoms with Crippen LogP contribution in [0.5, 0.6) is 5.75 Å². The number of nitrogen functional groups attached to an aromatic ring is 1. The fourth-order valence-corrected chi connectivity index (χ4v) is 3.63. The normalized spacial score (nSPS) is 11.3. The first-order chi connectivity index (χ1) is 12.8. The minimum Gasteiger partial charge on any atom is -0.508 e. The smallest absolute Gasteiger partial charge is 0.229 e. The number of hydrogen-bond donors (Lipinski definition) is 3. The number of aromatic nitrogens is 1. The Morgan fingerprint density at radius 1 is 1.04 bits per heavy atom. The Morgan fingerprint density at radius 2 is 1.63 bits per heavy atom. The van der Waals surface area contributed by atoms with Gasteiger partial charge in [-0.3, -0.25) is 4.72 Å². The van der Waals surface area contributed by atoms with Crippen molar-refractivity contribution in [1.29, 1.82) is 0 Å². The lowest BCUT2D eigenvalue weighted by Crippen LogP contribution is -2.09. The first kappa shape index (κ1) is 18.7. The lowest BCUT2D eigenvalue weighted by atomic mass is 9.92. The maximum atomic E-state index is 11.4. The molecule has 1 aromatic heterocycles. The van der Waals surface area contributed by atoms with Crippen molar-refractivity contribution in [3.8, 4) is 28.0 Å². The van der Waals surface area contributed by atoms with Gasteiger partial charge in [-0.25, -0.2) is 13.4 Å². The number of phenols is 1. The van der Waals surface area contributed by atoms with E-state index in [1.165, 1.54) is 0 Å². The van der Waals surface area contributed by atoms with Gasteiger partial charge < -0.3 is 10.8 Å². The second kappa shape index (κ2) is 7.28. The van der Waals surface area contributed by atoms with Gasteiger partial charge in [-0.15, -0.1) is 0 Å². The molecule has 0 saturated carbocycles. The number of rotatable bonds is 5. The van der Waals surface area contributed by atoms with Gasteiger partial charge in [-0.2, -0.15) is 0 Å². The molecule has 0 unspecified atom stereocenters. The molecule has 4 N–H and O–H groups in total. The second-order valence-electron chi connectivity index (χ2n) is 6.26. The lowest BCUT2D eigenvalue weighted by Gasteiger charge is -2.16. The van der Waals surface area contributed by atoms with Crippen LogP contribution >= 0.6 is 0 Å². The third kappa shape index (κ3) is 4.20. The van der Waals surface area contributed by atoms with Crippen LogP contribution in [0.15, 0.2) is 54.7 Å². The molecular formula is C20H21N3O3S. The Bertz CT molecular complexity index is 1060. The molecule has 2 aromatic carbocycles. The van der Waals surface area contributed by atoms with Crippen LogP contribution in [-0.2, 0) is 16.4 Å². The molecule has 0 spiro atoms. The molecule has 6 nitrogen and oxygen atoms in total. The molecule has 1 heterocycles. The number of benzene rings is 2. The summed E-state index contributed by atoms with van der Waals surface area (Å²) in [4.78, 5) is 4.35. The number of nitrogens with one attached hydrogen (secondary N) is 1. The Hall–Kier alpha value is -3.06. The molecule has 0 saturated heterocycles. The van der Waals surface area contributed by atoms with E-state index >= 15 is 0 Å². The predicted molar refractivity (Wildman–Crippen MR) is 109 cm³/mol. The highest BCUT2D eigenvalue weighted by molar-refractivity contribution is 7.92. The maximum absolute atomic E-state index is 11.4. The largest absolute Gasteiger partial charge is 0.508 e. The van der Waals surface area contributed by atoms with Gasteiger partial charge in [0.15, 0.2) is 0 Å². The SMILES string of the molecule is CCc1c(-c2ccc(O)cc2)cnc(N)c1-c1ccc(NS(C)(=O)=O)cc1. The summed E-state index contributed by atoms with van der Waals surface area (Å²) in [6, 6.07) is 14.0. The molecule has 140 valence electrons. The van der Waals surface area contributed by atoms with Crippen molar-refractivity contribution in [2.45, 2.75) is 13.3 Å². The fourth-order valence-electron chi connectivity index (χ4n) is 3.06. The molecule has 0 aliphatic rings. The summed E-state index contributed by atoms with van der Waals surface area (Å²) in [6.07, 6.45) is 3.59. The predicted octanol–water partition coefficient (Wildman–Crippen LogP) is 3.64. The van der Waals surface area contributed by atoms with Gasteiger partial charge in [0.1, 0.15) is 11.6 Å². The number of sulfonamides is 1. The third-order valence-electron chi connectivity index (χ3n) is 4.22. The summed E-state index contributed by atoms with van der Waals surface area (Å²) in [7, 11) is -3.33. The molecular weight excluding hydrogens is 362 g/mol. The molecule has 0 aliphatic heterocycles. The maximum Gasteiger partial charge on any atom is 0.229 e. The number of hydrogen-bond acceptors (Lipinski definition) is 5. The Labute approximate surface area is 158 Å². The van der Waals surface area contributed by atoms with Crippen LogP contribution in [0.25, 0.3) is 22.3 Å². The minimum absolute atomic E-state index is 0.203. The lowest BCUT2D eigenvalue weighted by molar-refractivity contribution is 0.475. The van der Waals surface area contributed by atoms with Crippen molar-refractivity contribution >= 4 is 21.5 Å². The molecule has 0 amide bonds. The highest BCUT2D eigenvalue weighted by atomic mass is 32.2. The van der Waals surface area contributed by atoms with Crippen LogP contribution in [0, 0.1) is 0 Å². The summed E-state index contributed by atoms with van der Waals surface area (Å²) >= 11 is 0. The minimum atomic E-state index is -3.33. The molecule has 3 rings (SSSR count). The van der Waals surface area contributed by atoms with Crippen LogP contribution in [0.1, 0.15) is 12.5 Å². The number of phenolic OH excluding ortho intramolecular Hbond substituents is 1. The first-order valence-corrected chi connectivity index (χ1v) is 10.3. The van der Waals surface area contributed by atoms with Crippen LogP contribution in [-0.4, -0.2) is 24.8 Å². The third-order valence-corrected chi connectivity index (χ3v) is 4.83. The van der Waals surface area contributed by atoms with E-state index in [-0.39, 0.29) is 5.75 Å². The van der Waals surface area contributed by atoms with Crippen LogP contribution in [0.3, 0.4) is 0 Å². The van der Waals surface area contributed by atoms with E-state index in [4.69, 9.17) is 5.73 Å². The molecule has 0 fully saturated rings. The van der Waals surface area contributed by atoms with Gasteiger partial charge in [-0.1, -0.05) is 31.2 Å². The molecule has 27 heavy (non-hydrogen) atoms. The molecule has 0 aliphatic carbocycles. The van der Waals surface area contributed by atoms with E-state index in [1.54, 1.807) is 30.5 Å². The second-order valence-corrected chi connectivity index (χ2v) is 8.01. The van der Waals surface area contributed by atoms with Gasteiger partial charge >= 0.3 is 0 Å². The molecule has 0 radical (unpaired) electrons. The van der Waals surface area contributed by atoms with Crippen molar-refractivity contribution in [2.75, 3.05) is 16.7 Å². The van der Waals surface area contributed by atoms with Gasteiger partial charge in [0.05, 0.1) is 6.26 Å². The van der Waals surface area contributed by atoms with E-state index in [0.717, 1.165) is 40.5 Å². The first-order valence-electron chi connectivity index (χ1n) is 8.43. The van der Waals surface area contributed by atoms with E-state index < -0.39 is 10.0 Å². The monoisotopic (exact) mass is 383 g/mol. The summed E-state index contributed by atoms with van der Waals surface area (Å²) in [5.74, 6) is 0.618. The topological polar surface area (TPSA) is 105 Å². The fraction of sp³-hybridized carbons (Fsp3) is 0.150. The van der Waals surface area contributed by atoms with Gasteiger partial charge in [-0.05, 0) is 47.4 Å². The number of pyridine rings is 1. The zero-order chi connectivity index (χ0) is 19.6. The zero-order valence-electron chi connectivity index (χ0n) is 15.1. The Morgan fingerprint density at radius 3 is 2.19 bits per heavy atom. The highest BCUT2D eigenvalue weighted by Gasteiger charge is 2.15. The van der Waals surface area contributed by atoms with Crippen LogP contribution < -0.4 is 10.5 Å². The highest BCUT2D eigenvalue weighted by Crippen LogP contribution is 2.36. The zero-order valence-corrected chi connectivity index (χ0v) is 15.9. The Kier molecular flexibility index (Phi) is 5.05.